The highest BCUT2D eigenvalue weighted by Crippen LogP contribution is 2.24. The van der Waals surface area contributed by atoms with Crippen LogP contribution >= 0.6 is 11.6 Å². The van der Waals surface area contributed by atoms with E-state index in [9.17, 15) is 9.59 Å². The number of halogens is 1. The molecule has 0 bridgehead atoms. The molecule has 1 aromatic heterocycles. The molecule has 25 heavy (non-hydrogen) atoms. The third-order valence-electron chi connectivity index (χ3n) is 4.22. The van der Waals surface area contributed by atoms with E-state index in [0.29, 0.717) is 40.7 Å². The van der Waals surface area contributed by atoms with Crippen LogP contribution in [-0.4, -0.2) is 42.4 Å². The Morgan fingerprint density at radius 3 is 2.80 bits per heavy atom. The Hall–Kier alpha value is -2.31. The van der Waals surface area contributed by atoms with Crippen LogP contribution in [0.3, 0.4) is 0 Å². The Bertz CT molecular complexity index is 803. The molecule has 1 atom stereocenters. The molecule has 1 fully saturated rings. The fraction of sp³-hybridized carbons (Fsp3) is 0.333. The van der Waals surface area contributed by atoms with Crippen molar-refractivity contribution in [1.82, 2.24) is 10.2 Å². The van der Waals surface area contributed by atoms with Crippen molar-refractivity contribution in [3.8, 4) is 0 Å². The SMILES string of the molecule is Cc1occc1C(=O)Nc1cc(Cl)ccc1C(=O)N1CCNC(C)C1. The van der Waals surface area contributed by atoms with Gasteiger partial charge in [0.25, 0.3) is 11.8 Å². The Morgan fingerprint density at radius 2 is 2.12 bits per heavy atom. The van der Waals surface area contributed by atoms with Gasteiger partial charge in [0.2, 0.25) is 0 Å². The summed E-state index contributed by atoms with van der Waals surface area (Å²) in [6, 6.07) is 6.72. The van der Waals surface area contributed by atoms with Crippen LogP contribution in [0.15, 0.2) is 34.9 Å². The molecule has 1 saturated heterocycles. The van der Waals surface area contributed by atoms with Gasteiger partial charge in [-0.15, -0.1) is 0 Å². The van der Waals surface area contributed by atoms with Crippen LogP contribution in [0.5, 0.6) is 0 Å². The molecule has 1 aromatic carbocycles. The minimum absolute atomic E-state index is 0.121. The summed E-state index contributed by atoms with van der Waals surface area (Å²) in [6.07, 6.45) is 1.45. The van der Waals surface area contributed by atoms with Crippen molar-refractivity contribution in [1.29, 1.82) is 0 Å². The van der Waals surface area contributed by atoms with Gasteiger partial charge in [0.1, 0.15) is 5.76 Å². The number of benzene rings is 1. The first-order valence-corrected chi connectivity index (χ1v) is 8.51. The first-order valence-electron chi connectivity index (χ1n) is 8.13. The Morgan fingerprint density at radius 1 is 1.32 bits per heavy atom. The van der Waals surface area contributed by atoms with E-state index in [1.54, 1.807) is 36.1 Å². The summed E-state index contributed by atoms with van der Waals surface area (Å²) in [5.41, 5.74) is 1.25. The number of aryl methyl sites for hydroxylation is 1. The van der Waals surface area contributed by atoms with E-state index in [4.69, 9.17) is 16.0 Å². The van der Waals surface area contributed by atoms with E-state index in [1.165, 1.54) is 6.26 Å². The third kappa shape index (κ3) is 3.86. The summed E-state index contributed by atoms with van der Waals surface area (Å²) < 4.78 is 5.16. The van der Waals surface area contributed by atoms with Gasteiger partial charge in [-0.2, -0.15) is 0 Å². The normalized spacial score (nSPS) is 17.4. The van der Waals surface area contributed by atoms with Crippen molar-refractivity contribution >= 4 is 29.1 Å². The number of hydrogen-bond acceptors (Lipinski definition) is 4. The van der Waals surface area contributed by atoms with Crippen molar-refractivity contribution < 1.29 is 14.0 Å². The fourth-order valence-corrected chi connectivity index (χ4v) is 3.08. The van der Waals surface area contributed by atoms with Gasteiger partial charge in [0.15, 0.2) is 0 Å². The molecule has 3 rings (SSSR count). The summed E-state index contributed by atoms with van der Waals surface area (Å²) in [4.78, 5) is 27.1. The van der Waals surface area contributed by atoms with Crippen molar-refractivity contribution in [3.63, 3.8) is 0 Å². The van der Waals surface area contributed by atoms with E-state index < -0.39 is 0 Å². The van der Waals surface area contributed by atoms with Crippen molar-refractivity contribution in [3.05, 3.63) is 52.4 Å². The molecule has 1 aliphatic rings. The largest absolute Gasteiger partial charge is 0.469 e. The first-order chi connectivity index (χ1) is 12.0. The quantitative estimate of drug-likeness (QED) is 0.881. The zero-order valence-corrected chi connectivity index (χ0v) is 14.9. The number of rotatable bonds is 3. The standard InChI is InChI=1S/C18H20ClN3O3/c1-11-10-22(7-6-20-11)18(24)15-4-3-13(19)9-16(15)21-17(23)14-5-8-25-12(14)2/h3-5,8-9,11,20H,6-7,10H2,1-2H3,(H,21,23). The highest BCUT2D eigenvalue weighted by molar-refractivity contribution is 6.31. The Kier molecular flexibility index (Phi) is 5.11. The summed E-state index contributed by atoms with van der Waals surface area (Å²) in [7, 11) is 0. The van der Waals surface area contributed by atoms with Crippen LogP contribution in [0.1, 0.15) is 33.4 Å². The van der Waals surface area contributed by atoms with Crippen LogP contribution < -0.4 is 10.6 Å². The molecule has 0 saturated carbocycles. The number of furan rings is 1. The van der Waals surface area contributed by atoms with Crippen LogP contribution in [0.25, 0.3) is 0 Å². The third-order valence-corrected chi connectivity index (χ3v) is 4.45. The van der Waals surface area contributed by atoms with E-state index >= 15 is 0 Å². The predicted molar refractivity (Wildman–Crippen MR) is 96.2 cm³/mol. The number of carbonyl (C=O) groups excluding carboxylic acids is 2. The van der Waals surface area contributed by atoms with Gasteiger partial charge < -0.3 is 20.0 Å². The monoisotopic (exact) mass is 361 g/mol. The highest BCUT2D eigenvalue weighted by atomic mass is 35.5. The summed E-state index contributed by atoms with van der Waals surface area (Å²) >= 11 is 6.07. The number of hydrogen-bond donors (Lipinski definition) is 2. The van der Waals surface area contributed by atoms with Crippen LogP contribution in [0.4, 0.5) is 5.69 Å². The maximum Gasteiger partial charge on any atom is 0.259 e. The summed E-state index contributed by atoms with van der Waals surface area (Å²) in [5.74, 6) is 0.0591. The van der Waals surface area contributed by atoms with E-state index in [-0.39, 0.29) is 17.9 Å². The zero-order valence-electron chi connectivity index (χ0n) is 14.1. The van der Waals surface area contributed by atoms with Gasteiger partial charge in [-0.05, 0) is 38.1 Å². The second kappa shape index (κ2) is 7.29. The number of carbonyl (C=O) groups is 2. The first kappa shape index (κ1) is 17.5. The van der Waals surface area contributed by atoms with E-state index in [1.807, 2.05) is 6.92 Å². The fourth-order valence-electron chi connectivity index (χ4n) is 2.90. The number of nitrogens with zero attached hydrogens (tertiary/aromatic N) is 1. The van der Waals surface area contributed by atoms with E-state index in [2.05, 4.69) is 10.6 Å². The minimum atomic E-state index is -0.337. The predicted octanol–water partition coefficient (Wildman–Crippen LogP) is 2.93. The molecule has 2 amide bonds. The lowest BCUT2D eigenvalue weighted by atomic mass is 10.1. The van der Waals surface area contributed by atoms with Crippen molar-refractivity contribution in [2.45, 2.75) is 19.9 Å². The Labute approximate surface area is 151 Å². The van der Waals surface area contributed by atoms with Crippen LogP contribution in [-0.2, 0) is 0 Å². The second-order valence-electron chi connectivity index (χ2n) is 6.14. The van der Waals surface area contributed by atoms with Gasteiger partial charge in [-0.3, -0.25) is 9.59 Å². The summed E-state index contributed by atoms with van der Waals surface area (Å²) in [5, 5.41) is 6.53. The molecule has 1 unspecified atom stereocenters. The lowest BCUT2D eigenvalue weighted by Crippen LogP contribution is -2.51. The van der Waals surface area contributed by atoms with Crippen LogP contribution in [0.2, 0.25) is 5.02 Å². The second-order valence-corrected chi connectivity index (χ2v) is 6.58. The number of anilines is 1. The molecule has 2 heterocycles. The van der Waals surface area contributed by atoms with E-state index in [0.717, 1.165) is 6.54 Å². The smallest absolute Gasteiger partial charge is 0.259 e. The average molecular weight is 362 g/mol. The molecule has 0 aliphatic carbocycles. The molecule has 1 aliphatic heterocycles. The van der Waals surface area contributed by atoms with Crippen molar-refractivity contribution in [2.24, 2.45) is 0 Å². The zero-order chi connectivity index (χ0) is 18.0. The van der Waals surface area contributed by atoms with Gasteiger partial charge in [0.05, 0.1) is 23.1 Å². The number of piperazine rings is 1. The van der Waals surface area contributed by atoms with Gasteiger partial charge in [-0.25, -0.2) is 0 Å². The van der Waals surface area contributed by atoms with Crippen LogP contribution in [0, 0.1) is 6.92 Å². The molecule has 2 aromatic rings. The molecule has 0 spiro atoms. The maximum atomic E-state index is 12.9. The van der Waals surface area contributed by atoms with Crippen molar-refractivity contribution in [2.75, 3.05) is 25.0 Å². The molecular weight excluding hydrogens is 342 g/mol. The lowest BCUT2D eigenvalue weighted by molar-refractivity contribution is 0.0710. The number of amides is 2. The summed E-state index contributed by atoms with van der Waals surface area (Å²) in [6.45, 7) is 5.73. The molecule has 6 nitrogen and oxygen atoms in total. The topological polar surface area (TPSA) is 74.6 Å². The minimum Gasteiger partial charge on any atom is -0.469 e. The highest BCUT2D eigenvalue weighted by Gasteiger charge is 2.24. The average Bonchev–Trinajstić information content (AvgIpc) is 3.00. The molecule has 2 N–H and O–H groups in total. The van der Waals surface area contributed by atoms with Gasteiger partial charge in [0, 0.05) is 30.7 Å². The Balaban J connectivity index is 1.86. The number of nitrogens with one attached hydrogen (secondary N) is 2. The lowest BCUT2D eigenvalue weighted by Gasteiger charge is -2.32. The molecule has 0 radical (unpaired) electrons. The van der Waals surface area contributed by atoms with Gasteiger partial charge in [-0.1, -0.05) is 11.6 Å². The van der Waals surface area contributed by atoms with Gasteiger partial charge >= 0.3 is 0 Å². The maximum absolute atomic E-state index is 12.9. The molecular formula is C18H20ClN3O3. The molecule has 132 valence electrons. The molecule has 7 heteroatoms.